The van der Waals surface area contributed by atoms with Gasteiger partial charge in [-0.25, -0.2) is 0 Å². The average molecular weight is 421 g/mol. The lowest BCUT2D eigenvalue weighted by molar-refractivity contribution is -0.384. The zero-order valence-electron chi connectivity index (χ0n) is 14.4. The second-order valence-electron chi connectivity index (χ2n) is 5.36. The first-order valence-electron chi connectivity index (χ1n) is 7.81. The summed E-state index contributed by atoms with van der Waals surface area (Å²) in [5, 5.41) is 22.1. The normalized spacial score (nSPS) is 10.5. The van der Waals surface area contributed by atoms with Crippen LogP contribution in [-0.2, 0) is 4.79 Å². The van der Waals surface area contributed by atoms with Crippen LogP contribution in [0.1, 0.15) is 0 Å². The molecule has 0 unspecified atom stereocenters. The van der Waals surface area contributed by atoms with Gasteiger partial charge in [0.25, 0.3) is 10.9 Å². The number of thioether (sulfide) groups is 1. The molecule has 0 atom stereocenters. The maximum atomic E-state index is 12.2. The number of benzene rings is 2. The van der Waals surface area contributed by atoms with Crippen molar-refractivity contribution in [2.24, 2.45) is 0 Å². The van der Waals surface area contributed by atoms with Gasteiger partial charge in [-0.05, 0) is 30.3 Å². The van der Waals surface area contributed by atoms with Gasteiger partial charge in [-0.3, -0.25) is 14.9 Å². The van der Waals surface area contributed by atoms with Crippen molar-refractivity contribution < 1.29 is 18.9 Å². The summed E-state index contributed by atoms with van der Waals surface area (Å²) in [7, 11) is 1.36. The summed E-state index contributed by atoms with van der Waals surface area (Å²) < 4.78 is 10.6. The van der Waals surface area contributed by atoms with E-state index in [2.05, 4.69) is 15.5 Å². The topological polar surface area (TPSA) is 120 Å². The average Bonchev–Trinajstić information content (AvgIpc) is 3.16. The summed E-state index contributed by atoms with van der Waals surface area (Å²) in [6, 6.07) is 10.8. The van der Waals surface area contributed by atoms with Crippen LogP contribution < -0.4 is 10.1 Å². The van der Waals surface area contributed by atoms with E-state index in [-0.39, 0.29) is 28.3 Å². The number of halogens is 1. The second kappa shape index (κ2) is 8.72. The van der Waals surface area contributed by atoms with E-state index in [4.69, 9.17) is 20.8 Å². The number of anilines is 1. The number of aromatic nitrogens is 2. The third kappa shape index (κ3) is 4.78. The zero-order chi connectivity index (χ0) is 20.1. The van der Waals surface area contributed by atoms with Crippen molar-refractivity contribution in [2.75, 3.05) is 18.2 Å². The van der Waals surface area contributed by atoms with Crippen LogP contribution in [0, 0.1) is 10.1 Å². The number of non-ortho nitro benzene ring substituents is 1. The molecule has 3 rings (SSSR count). The molecule has 144 valence electrons. The molecule has 0 aliphatic carbocycles. The van der Waals surface area contributed by atoms with Crippen LogP contribution in [0.15, 0.2) is 52.1 Å². The summed E-state index contributed by atoms with van der Waals surface area (Å²) in [6.07, 6.45) is 0. The predicted molar refractivity (Wildman–Crippen MR) is 104 cm³/mol. The van der Waals surface area contributed by atoms with Gasteiger partial charge in [0.1, 0.15) is 5.75 Å². The Bertz CT molecular complexity index is 1010. The van der Waals surface area contributed by atoms with Gasteiger partial charge in [0.15, 0.2) is 0 Å². The molecule has 1 aromatic heterocycles. The summed E-state index contributed by atoms with van der Waals surface area (Å²) >= 11 is 6.90. The number of carbonyl (C=O) groups is 1. The molecule has 0 fully saturated rings. The zero-order valence-corrected chi connectivity index (χ0v) is 16.0. The number of nitrogens with one attached hydrogen (secondary N) is 1. The van der Waals surface area contributed by atoms with Gasteiger partial charge in [-0.2, -0.15) is 0 Å². The largest absolute Gasteiger partial charge is 0.494 e. The minimum atomic E-state index is -0.544. The molecule has 0 saturated carbocycles. The maximum absolute atomic E-state index is 12.2. The number of ether oxygens (including phenoxy) is 1. The number of nitro benzene ring substituents is 1. The Hall–Kier alpha value is -3.11. The Morgan fingerprint density at radius 3 is 2.71 bits per heavy atom. The van der Waals surface area contributed by atoms with Gasteiger partial charge >= 0.3 is 0 Å². The standard InChI is InChI=1S/C17H13ClN4O5S/c1-26-14-8-12(22(24)25)6-7-13(14)19-15(23)9-28-17-21-20-16(27-17)10-2-4-11(18)5-3-10/h2-8H,9H2,1H3,(H,19,23). The van der Waals surface area contributed by atoms with Crippen LogP contribution in [0.3, 0.4) is 0 Å². The van der Waals surface area contributed by atoms with Gasteiger partial charge in [-0.15, -0.1) is 10.2 Å². The van der Waals surface area contributed by atoms with E-state index < -0.39 is 4.92 Å². The molecule has 1 heterocycles. The highest BCUT2D eigenvalue weighted by atomic mass is 35.5. The van der Waals surface area contributed by atoms with Crippen molar-refractivity contribution in [2.45, 2.75) is 5.22 Å². The lowest BCUT2D eigenvalue weighted by Crippen LogP contribution is -2.14. The molecule has 3 aromatic rings. The van der Waals surface area contributed by atoms with Gasteiger partial charge in [0, 0.05) is 16.7 Å². The minimum absolute atomic E-state index is 0.00237. The number of amides is 1. The molecule has 11 heteroatoms. The highest BCUT2D eigenvalue weighted by Crippen LogP contribution is 2.29. The molecule has 0 radical (unpaired) electrons. The lowest BCUT2D eigenvalue weighted by atomic mass is 10.2. The van der Waals surface area contributed by atoms with Crippen molar-refractivity contribution in [3.63, 3.8) is 0 Å². The predicted octanol–water partition coefficient (Wildman–Crippen LogP) is 4.04. The Labute approximate surface area is 168 Å². The fourth-order valence-electron chi connectivity index (χ4n) is 2.19. The van der Waals surface area contributed by atoms with Crippen molar-refractivity contribution >= 4 is 40.6 Å². The molecule has 1 N–H and O–H groups in total. The monoisotopic (exact) mass is 420 g/mol. The fraction of sp³-hybridized carbons (Fsp3) is 0.118. The Balaban J connectivity index is 1.60. The highest BCUT2D eigenvalue weighted by Gasteiger charge is 2.15. The molecule has 2 aromatic carbocycles. The number of hydrogen-bond acceptors (Lipinski definition) is 8. The van der Waals surface area contributed by atoms with Crippen molar-refractivity contribution in [1.29, 1.82) is 0 Å². The number of carbonyl (C=O) groups excluding carboxylic acids is 1. The molecule has 0 aliphatic heterocycles. The SMILES string of the molecule is COc1cc([N+](=O)[O-])ccc1NC(=O)CSc1nnc(-c2ccc(Cl)cc2)o1. The Kier molecular flexibility index (Phi) is 6.12. The second-order valence-corrected chi connectivity index (χ2v) is 6.72. The number of nitro groups is 1. The van der Waals surface area contributed by atoms with Gasteiger partial charge < -0.3 is 14.5 Å². The number of nitrogens with zero attached hydrogens (tertiary/aromatic N) is 3. The van der Waals surface area contributed by atoms with E-state index >= 15 is 0 Å². The van der Waals surface area contributed by atoms with Gasteiger partial charge in [-0.1, -0.05) is 23.4 Å². The van der Waals surface area contributed by atoms with Crippen LogP contribution in [0.2, 0.25) is 5.02 Å². The van der Waals surface area contributed by atoms with Crippen molar-refractivity contribution in [1.82, 2.24) is 10.2 Å². The first-order chi connectivity index (χ1) is 13.5. The Morgan fingerprint density at radius 2 is 2.04 bits per heavy atom. The smallest absolute Gasteiger partial charge is 0.277 e. The van der Waals surface area contributed by atoms with Crippen LogP contribution in [-0.4, -0.2) is 33.9 Å². The van der Waals surface area contributed by atoms with E-state index in [1.807, 2.05) is 0 Å². The molecular formula is C17H13ClN4O5S. The van der Waals surface area contributed by atoms with E-state index in [1.54, 1.807) is 24.3 Å². The first-order valence-corrected chi connectivity index (χ1v) is 9.17. The molecule has 1 amide bonds. The first kappa shape index (κ1) is 19.6. The number of rotatable bonds is 7. The van der Waals surface area contributed by atoms with Crippen LogP contribution in [0.5, 0.6) is 5.75 Å². The Morgan fingerprint density at radius 1 is 1.29 bits per heavy atom. The maximum Gasteiger partial charge on any atom is 0.277 e. The van der Waals surface area contributed by atoms with Crippen LogP contribution in [0.4, 0.5) is 11.4 Å². The molecule has 28 heavy (non-hydrogen) atoms. The lowest BCUT2D eigenvalue weighted by Gasteiger charge is -2.09. The molecule has 0 saturated heterocycles. The quantitative estimate of drug-likeness (QED) is 0.345. The highest BCUT2D eigenvalue weighted by molar-refractivity contribution is 7.99. The van der Waals surface area contributed by atoms with E-state index in [9.17, 15) is 14.9 Å². The van der Waals surface area contributed by atoms with Gasteiger partial charge in [0.2, 0.25) is 11.8 Å². The fourth-order valence-corrected chi connectivity index (χ4v) is 2.88. The van der Waals surface area contributed by atoms with E-state index in [0.29, 0.717) is 22.2 Å². The summed E-state index contributed by atoms with van der Waals surface area (Å²) in [4.78, 5) is 22.4. The summed E-state index contributed by atoms with van der Waals surface area (Å²) in [5.74, 6) is 0.151. The molecule has 0 bridgehead atoms. The summed E-state index contributed by atoms with van der Waals surface area (Å²) in [6.45, 7) is 0. The van der Waals surface area contributed by atoms with Crippen LogP contribution >= 0.6 is 23.4 Å². The van der Waals surface area contributed by atoms with E-state index in [1.165, 1.54) is 25.3 Å². The number of methoxy groups -OCH3 is 1. The third-order valence-corrected chi connectivity index (χ3v) is 4.56. The molecule has 9 nitrogen and oxygen atoms in total. The minimum Gasteiger partial charge on any atom is -0.494 e. The van der Waals surface area contributed by atoms with Crippen molar-refractivity contribution in [3.8, 4) is 17.2 Å². The summed E-state index contributed by atoms with van der Waals surface area (Å²) in [5.41, 5.74) is 0.903. The van der Waals surface area contributed by atoms with Crippen LogP contribution in [0.25, 0.3) is 11.5 Å². The molecular weight excluding hydrogens is 408 g/mol. The van der Waals surface area contributed by atoms with Crippen molar-refractivity contribution in [3.05, 3.63) is 57.6 Å². The third-order valence-electron chi connectivity index (χ3n) is 3.49. The van der Waals surface area contributed by atoms with Gasteiger partial charge in [0.05, 0.1) is 29.5 Å². The van der Waals surface area contributed by atoms with E-state index in [0.717, 1.165) is 11.8 Å². The number of hydrogen-bond donors (Lipinski definition) is 1. The molecule has 0 spiro atoms. The molecule has 0 aliphatic rings.